The summed E-state index contributed by atoms with van der Waals surface area (Å²) in [7, 11) is 0. The van der Waals surface area contributed by atoms with E-state index in [-0.39, 0.29) is 29.4 Å². The summed E-state index contributed by atoms with van der Waals surface area (Å²) >= 11 is 0. The van der Waals surface area contributed by atoms with E-state index in [9.17, 15) is 45.5 Å². The number of amides is 4. The highest BCUT2D eigenvalue weighted by Crippen LogP contribution is 2.40. The number of nitrogens with two attached hydrogens (primary N) is 4. The normalized spacial score (nSPS) is 11.2. The van der Waals surface area contributed by atoms with Gasteiger partial charge >= 0.3 is 24.3 Å². The Hall–Kier alpha value is -10.0. The summed E-state index contributed by atoms with van der Waals surface area (Å²) in [6, 6.07) is 21.8. The Bertz CT molecular complexity index is 3590. The summed E-state index contributed by atoms with van der Waals surface area (Å²) in [6.45, 7) is 14.4. The molecule has 4 amide bonds. The van der Waals surface area contributed by atoms with Crippen LogP contribution >= 0.6 is 0 Å². The number of carbonyl (C=O) groups excluding carboxylic acids is 4. The second kappa shape index (κ2) is 34.5. The molecule has 3 heterocycles. The van der Waals surface area contributed by atoms with Crippen LogP contribution in [0, 0.1) is 0 Å². The Morgan fingerprint density at radius 3 is 1.32 bits per heavy atom. The molecule has 90 heavy (non-hydrogen) atoms. The number of aromatic nitrogens is 3. The molecule has 0 unspecified atom stereocenters. The van der Waals surface area contributed by atoms with Gasteiger partial charge in [0.15, 0.2) is 23.0 Å². The van der Waals surface area contributed by atoms with Crippen LogP contribution in [0.5, 0.6) is 23.0 Å². The lowest BCUT2D eigenvalue weighted by Gasteiger charge is -2.20. The molecule has 0 bridgehead atoms. The quantitative estimate of drug-likeness (QED) is 0.0239. The fourth-order valence-corrected chi connectivity index (χ4v) is 8.65. The Morgan fingerprint density at radius 1 is 0.578 bits per heavy atom. The van der Waals surface area contributed by atoms with E-state index in [0.717, 1.165) is 39.2 Å². The van der Waals surface area contributed by atoms with Crippen molar-refractivity contribution < 1.29 is 84.3 Å². The highest BCUT2D eigenvalue weighted by molar-refractivity contribution is 6.09. The fourth-order valence-electron chi connectivity index (χ4n) is 8.65. The van der Waals surface area contributed by atoms with Crippen molar-refractivity contribution in [2.45, 2.75) is 98.7 Å². The van der Waals surface area contributed by atoms with E-state index in [1.165, 1.54) is 12.4 Å². The maximum absolute atomic E-state index is 12.8. The molecule has 23 nitrogen and oxygen atoms in total. The van der Waals surface area contributed by atoms with Crippen LogP contribution < -0.4 is 63.1 Å². The first kappa shape index (κ1) is 72.4. The van der Waals surface area contributed by atoms with Gasteiger partial charge in [0.2, 0.25) is 11.8 Å². The average molecular weight is 1260 g/mol. The summed E-state index contributed by atoms with van der Waals surface area (Å²) in [4.78, 5) is 80.3. The first-order valence-electron chi connectivity index (χ1n) is 28.0. The number of benzene rings is 4. The number of carboxylic acids is 2. The van der Waals surface area contributed by atoms with Gasteiger partial charge in [-0.2, -0.15) is 26.3 Å². The summed E-state index contributed by atoms with van der Waals surface area (Å²) in [5, 5.41) is 28.3. The summed E-state index contributed by atoms with van der Waals surface area (Å²) in [5.74, 6) is -4.83. The van der Waals surface area contributed by atoms with Crippen molar-refractivity contribution in [3.05, 3.63) is 137 Å². The highest BCUT2D eigenvalue weighted by Gasteiger charge is 2.39. The standard InChI is InChI=1S/C31H36N6O4.C26H33N5O4.2C2HF3O2/c1-4-21-20(17-36-31(39)24(32)13-19-9-8-12-34-16-19)10-7-11-25(21)37-29-22-14-27(40-5-2)28(41-6-3)15-26(22)35-18-23(29)30(33)38;1-4-17-16(14-30-24(32)10-11-27)8-7-9-20(17)31-25-18-12-22(34-5-2)23(35-6-3)13-21(18)29-15-19(25)26(28)33;2*3-2(4,5)1(6)7/h7-12,14-16,18,24H,4-6,13,17,32H2,1-3H3,(H2,33,38)(H,35,37)(H,36,39);7-9,12-13,15H,4-6,10-11,14,27H2,1-3H3,(H2,28,33)(H,29,31)(H,30,32);2*(H,6,7)/t24-;;;/m0.../s1. The number of hydrogen-bond donors (Lipinski definition) is 10. The van der Waals surface area contributed by atoms with Crippen LogP contribution in [0.3, 0.4) is 0 Å². The third-order valence-electron chi connectivity index (χ3n) is 12.7. The third-order valence-corrected chi connectivity index (χ3v) is 12.7. The van der Waals surface area contributed by atoms with Crippen molar-refractivity contribution in [3.63, 3.8) is 0 Å². The van der Waals surface area contributed by atoms with Crippen molar-refractivity contribution in [2.75, 3.05) is 43.6 Å². The molecule has 484 valence electrons. The first-order valence-corrected chi connectivity index (χ1v) is 28.0. The van der Waals surface area contributed by atoms with Gasteiger partial charge in [0, 0.05) is 85.1 Å². The Labute approximate surface area is 513 Å². The maximum atomic E-state index is 12.8. The van der Waals surface area contributed by atoms with Gasteiger partial charge in [-0.05, 0) is 105 Å². The van der Waals surface area contributed by atoms with E-state index in [4.69, 9.17) is 61.7 Å². The molecule has 14 N–H and O–H groups in total. The average Bonchev–Trinajstić information content (AvgIpc) is 0.851. The maximum Gasteiger partial charge on any atom is 0.490 e. The molecular weight excluding hydrogens is 1190 g/mol. The molecule has 0 aliphatic rings. The van der Waals surface area contributed by atoms with Crippen molar-refractivity contribution in [1.29, 1.82) is 0 Å². The number of primary amides is 2. The third kappa shape index (κ3) is 20.8. The first-order chi connectivity index (χ1) is 42.7. The van der Waals surface area contributed by atoms with Crippen LogP contribution in [0.1, 0.15) is 96.5 Å². The van der Waals surface area contributed by atoms with Gasteiger partial charge < -0.3 is 73.4 Å². The van der Waals surface area contributed by atoms with Gasteiger partial charge in [-0.15, -0.1) is 0 Å². The van der Waals surface area contributed by atoms with E-state index in [1.807, 2.05) is 102 Å². The number of aliphatic carboxylic acids is 2. The minimum atomic E-state index is -5.08. The monoisotopic (exact) mass is 1260 g/mol. The smallest absolute Gasteiger partial charge is 0.490 e. The van der Waals surface area contributed by atoms with Crippen LogP contribution in [0.2, 0.25) is 0 Å². The Kier molecular flexibility index (Phi) is 27.8. The lowest BCUT2D eigenvalue weighted by atomic mass is 10.0. The number of carbonyl (C=O) groups is 6. The van der Waals surface area contributed by atoms with Gasteiger partial charge in [0.1, 0.15) is 0 Å². The predicted octanol–water partition coefficient (Wildman–Crippen LogP) is 8.69. The highest BCUT2D eigenvalue weighted by atomic mass is 19.4. The molecule has 0 saturated carbocycles. The van der Waals surface area contributed by atoms with Crippen LogP contribution in [0.25, 0.3) is 21.8 Å². The zero-order chi connectivity index (χ0) is 66.9. The van der Waals surface area contributed by atoms with Crippen LogP contribution in [-0.4, -0.2) is 112 Å². The number of ether oxygens (including phenoxy) is 4. The molecule has 4 aromatic carbocycles. The summed E-state index contributed by atoms with van der Waals surface area (Å²) < 4.78 is 86.6. The summed E-state index contributed by atoms with van der Waals surface area (Å²) in [6.07, 6.45) is -1.82. The lowest BCUT2D eigenvalue weighted by molar-refractivity contribution is -0.193. The number of nitrogens with one attached hydrogen (secondary N) is 4. The molecule has 0 saturated heterocycles. The molecule has 3 aromatic heterocycles. The number of nitrogens with zero attached hydrogens (tertiary/aromatic N) is 3. The van der Waals surface area contributed by atoms with Gasteiger partial charge in [-0.25, -0.2) is 9.59 Å². The zero-order valence-electron chi connectivity index (χ0n) is 50.0. The minimum Gasteiger partial charge on any atom is -0.490 e. The van der Waals surface area contributed by atoms with Gasteiger partial charge in [0.25, 0.3) is 11.8 Å². The molecule has 0 aliphatic carbocycles. The number of pyridine rings is 3. The van der Waals surface area contributed by atoms with E-state index in [2.05, 4.69) is 36.2 Å². The number of anilines is 4. The Balaban J connectivity index is 0.000000319. The van der Waals surface area contributed by atoms with E-state index < -0.39 is 42.1 Å². The molecule has 7 rings (SSSR count). The number of hydrogen-bond acceptors (Lipinski definition) is 17. The molecule has 0 aliphatic heterocycles. The largest absolute Gasteiger partial charge is 0.490 e. The number of carboxylic acid groups (broad SMARTS) is 2. The topological polar surface area (TPSA) is 371 Å². The van der Waals surface area contributed by atoms with Gasteiger partial charge in [-0.3, -0.25) is 34.1 Å². The molecule has 7 aromatic rings. The number of alkyl halides is 6. The Morgan fingerprint density at radius 2 is 0.978 bits per heavy atom. The molecule has 29 heteroatoms. The van der Waals surface area contributed by atoms with Crippen molar-refractivity contribution in [1.82, 2.24) is 25.6 Å². The minimum absolute atomic E-state index is 0.0994. The van der Waals surface area contributed by atoms with E-state index >= 15 is 0 Å². The van der Waals surface area contributed by atoms with Crippen LogP contribution in [0.4, 0.5) is 49.1 Å². The number of rotatable bonds is 25. The van der Waals surface area contributed by atoms with Gasteiger partial charge in [-0.1, -0.05) is 44.2 Å². The van der Waals surface area contributed by atoms with E-state index in [1.54, 1.807) is 24.5 Å². The molecular formula is C61H71F6N11O12. The zero-order valence-corrected chi connectivity index (χ0v) is 50.0. The van der Waals surface area contributed by atoms with Crippen LogP contribution in [0.15, 0.2) is 97.6 Å². The number of halogens is 6. The van der Waals surface area contributed by atoms with Gasteiger partial charge in [0.05, 0.1) is 66.0 Å². The second-order valence-corrected chi connectivity index (χ2v) is 18.8. The molecule has 0 fully saturated rings. The lowest BCUT2D eigenvalue weighted by Crippen LogP contribution is -2.41. The predicted molar refractivity (Wildman–Crippen MR) is 324 cm³/mol. The van der Waals surface area contributed by atoms with Crippen LogP contribution in [-0.2, 0) is 51.5 Å². The van der Waals surface area contributed by atoms with E-state index in [0.29, 0.717) is 122 Å². The summed E-state index contributed by atoms with van der Waals surface area (Å²) in [5.41, 5.74) is 32.3. The molecule has 0 radical (unpaired) electrons. The number of fused-ring (bicyclic) bond motifs is 2. The van der Waals surface area contributed by atoms with Crippen molar-refractivity contribution >= 4 is 80.1 Å². The van der Waals surface area contributed by atoms with Crippen molar-refractivity contribution in [2.24, 2.45) is 22.9 Å². The fraction of sp³-hybridized carbons (Fsp3) is 0.328. The molecule has 1 atom stereocenters. The van der Waals surface area contributed by atoms with Crippen molar-refractivity contribution in [3.8, 4) is 23.0 Å². The molecule has 0 spiro atoms. The SMILES string of the molecule is CCOc1cc2ncc(C(N)=O)c(Nc3cccc(CNC(=O)CCN)c3CC)c2cc1OCC.CCOc1cc2ncc(C(N)=O)c(Nc3cccc(CNC(=O)[C@@H](N)Cc4cccnc4)c3CC)c2cc1OCC.O=C(O)C(F)(F)F.O=C(O)C(F)(F)F. The second-order valence-electron chi connectivity index (χ2n) is 18.8.